The van der Waals surface area contributed by atoms with E-state index in [0.717, 1.165) is 36.9 Å². The largest absolute Gasteiger partial charge is 0.378 e. The van der Waals surface area contributed by atoms with E-state index in [0.29, 0.717) is 50.9 Å². The van der Waals surface area contributed by atoms with Crippen molar-refractivity contribution < 1.29 is 9.53 Å². The van der Waals surface area contributed by atoms with Gasteiger partial charge in [-0.3, -0.25) is 19.4 Å². The van der Waals surface area contributed by atoms with Gasteiger partial charge in [0.15, 0.2) is 0 Å². The lowest BCUT2D eigenvalue weighted by Crippen LogP contribution is -2.45. The Kier molecular flexibility index (Phi) is 4.92. The van der Waals surface area contributed by atoms with Crippen molar-refractivity contribution in [2.24, 2.45) is 7.05 Å². The number of ether oxygens (including phenoxy) is 1. The fourth-order valence-electron chi connectivity index (χ4n) is 5.05. The molecule has 0 saturated carbocycles. The predicted molar refractivity (Wildman–Crippen MR) is 115 cm³/mol. The predicted octanol–water partition coefficient (Wildman–Crippen LogP) is 0.425. The molecule has 0 bridgehead atoms. The highest BCUT2D eigenvalue weighted by molar-refractivity contribution is 5.94. The third-order valence-electron chi connectivity index (χ3n) is 7.03. The third-order valence-corrected chi connectivity index (χ3v) is 7.03. The Morgan fingerprint density at radius 2 is 1.87 bits per heavy atom. The average Bonchev–Trinajstić information content (AvgIpc) is 3.15. The number of hydrogen-bond donors (Lipinski definition) is 1. The topological polar surface area (TPSA) is 101 Å². The molecule has 5 rings (SSSR count). The molecule has 9 heteroatoms. The normalized spacial score (nSPS) is 20.2. The minimum absolute atomic E-state index is 0.0398. The molecule has 1 spiro atoms. The molecule has 3 aliphatic rings. The van der Waals surface area contributed by atoms with Crippen molar-refractivity contribution in [1.82, 2.24) is 19.4 Å². The van der Waals surface area contributed by atoms with E-state index in [9.17, 15) is 14.4 Å². The van der Waals surface area contributed by atoms with E-state index in [1.54, 1.807) is 19.3 Å². The molecule has 31 heavy (non-hydrogen) atoms. The van der Waals surface area contributed by atoms with Crippen LogP contribution in [0.1, 0.15) is 40.9 Å². The first kappa shape index (κ1) is 20.0. The van der Waals surface area contributed by atoms with Crippen LogP contribution in [0.15, 0.2) is 27.9 Å². The van der Waals surface area contributed by atoms with Crippen molar-refractivity contribution in [3.05, 3.63) is 55.9 Å². The van der Waals surface area contributed by atoms with Crippen LogP contribution in [0.4, 0.5) is 5.95 Å². The monoisotopic (exact) mass is 425 g/mol. The van der Waals surface area contributed by atoms with Crippen molar-refractivity contribution in [2.75, 3.05) is 44.3 Å². The SMILES string of the molecule is Cn1ccc(C(=O)N2CCC3(CCc4c3nc(N3CCOCC3)[nH]c4=O)CC2)cc1=O. The molecule has 4 heterocycles. The summed E-state index contributed by atoms with van der Waals surface area (Å²) in [7, 11) is 1.67. The highest BCUT2D eigenvalue weighted by atomic mass is 16.5. The summed E-state index contributed by atoms with van der Waals surface area (Å²) in [5, 5.41) is 0. The third kappa shape index (κ3) is 3.46. The van der Waals surface area contributed by atoms with Gasteiger partial charge in [0.05, 0.1) is 18.9 Å². The molecule has 1 amide bonds. The second-order valence-corrected chi connectivity index (χ2v) is 8.75. The highest BCUT2D eigenvalue weighted by Gasteiger charge is 2.45. The van der Waals surface area contributed by atoms with Gasteiger partial charge in [0.25, 0.3) is 17.0 Å². The van der Waals surface area contributed by atoms with E-state index in [1.807, 2.05) is 4.90 Å². The number of H-pyrrole nitrogens is 1. The van der Waals surface area contributed by atoms with Gasteiger partial charge >= 0.3 is 0 Å². The Morgan fingerprint density at radius 3 is 2.58 bits per heavy atom. The number of amides is 1. The molecular formula is C22H27N5O4. The number of hydrogen-bond acceptors (Lipinski definition) is 6. The molecule has 1 N–H and O–H groups in total. The maximum Gasteiger partial charge on any atom is 0.255 e. The lowest BCUT2D eigenvalue weighted by atomic mass is 9.76. The summed E-state index contributed by atoms with van der Waals surface area (Å²) in [4.78, 5) is 49.4. The fraction of sp³-hybridized carbons (Fsp3) is 0.545. The molecule has 2 fully saturated rings. The quantitative estimate of drug-likeness (QED) is 0.749. The number of anilines is 1. The fourth-order valence-corrected chi connectivity index (χ4v) is 5.05. The number of pyridine rings is 1. The maximum absolute atomic E-state index is 12.9. The molecule has 0 radical (unpaired) electrons. The summed E-state index contributed by atoms with van der Waals surface area (Å²) < 4.78 is 6.87. The van der Waals surface area contributed by atoms with Crippen molar-refractivity contribution in [2.45, 2.75) is 31.1 Å². The molecule has 0 aromatic carbocycles. The first-order chi connectivity index (χ1) is 15.0. The van der Waals surface area contributed by atoms with Crippen LogP contribution in [0.25, 0.3) is 0 Å². The Hall–Kier alpha value is -2.94. The number of likely N-dealkylation sites (tertiary alicyclic amines) is 1. The van der Waals surface area contributed by atoms with Gasteiger partial charge in [0.1, 0.15) is 0 Å². The van der Waals surface area contributed by atoms with Gasteiger partial charge in [-0.15, -0.1) is 0 Å². The number of piperidine rings is 1. The zero-order valence-electron chi connectivity index (χ0n) is 17.7. The van der Waals surface area contributed by atoms with Crippen LogP contribution in [0.5, 0.6) is 0 Å². The molecule has 2 aliphatic heterocycles. The van der Waals surface area contributed by atoms with Crippen LogP contribution < -0.4 is 16.0 Å². The van der Waals surface area contributed by atoms with E-state index in [4.69, 9.17) is 9.72 Å². The van der Waals surface area contributed by atoms with Gasteiger partial charge in [-0.2, -0.15) is 0 Å². The number of nitrogens with zero attached hydrogens (tertiary/aromatic N) is 4. The first-order valence-corrected chi connectivity index (χ1v) is 10.9. The summed E-state index contributed by atoms with van der Waals surface area (Å²) in [6.07, 6.45) is 4.78. The summed E-state index contributed by atoms with van der Waals surface area (Å²) in [5.41, 5.74) is 1.75. The number of morpholine rings is 1. The summed E-state index contributed by atoms with van der Waals surface area (Å²) in [6.45, 7) is 3.88. The van der Waals surface area contributed by atoms with Gasteiger partial charge < -0.3 is 19.1 Å². The Morgan fingerprint density at radius 1 is 1.13 bits per heavy atom. The van der Waals surface area contributed by atoms with E-state index in [1.165, 1.54) is 10.6 Å². The number of carbonyl (C=O) groups excluding carboxylic acids is 1. The van der Waals surface area contributed by atoms with E-state index < -0.39 is 0 Å². The highest BCUT2D eigenvalue weighted by Crippen LogP contribution is 2.44. The molecule has 2 aromatic rings. The Balaban J connectivity index is 1.37. The Bertz CT molecular complexity index is 1120. The zero-order chi connectivity index (χ0) is 21.6. The number of fused-ring (bicyclic) bond motifs is 2. The van der Waals surface area contributed by atoms with Gasteiger partial charge in [-0.25, -0.2) is 4.98 Å². The van der Waals surface area contributed by atoms with Crippen molar-refractivity contribution in [3.8, 4) is 0 Å². The number of aromatic nitrogens is 3. The number of aromatic amines is 1. The van der Waals surface area contributed by atoms with Crippen LogP contribution in [-0.4, -0.2) is 64.7 Å². The zero-order valence-corrected chi connectivity index (χ0v) is 17.7. The van der Waals surface area contributed by atoms with Crippen LogP contribution in [0.3, 0.4) is 0 Å². The van der Waals surface area contributed by atoms with Crippen molar-refractivity contribution >= 4 is 11.9 Å². The van der Waals surface area contributed by atoms with E-state index in [-0.39, 0.29) is 22.4 Å². The Labute approximate surface area is 179 Å². The van der Waals surface area contributed by atoms with Gasteiger partial charge in [0, 0.05) is 62.0 Å². The number of nitrogens with one attached hydrogen (secondary N) is 1. The van der Waals surface area contributed by atoms with Crippen LogP contribution in [0.2, 0.25) is 0 Å². The smallest absolute Gasteiger partial charge is 0.255 e. The molecule has 0 unspecified atom stereocenters. The molecule has 9 nitrogen and oxygen atoms in total. The van der Waals surface area contributed by atoms with Crippen LogP contribution >= 0.6 is 0 Å². The molecule has 2 aromatic heterocycles. The van der Waals surface area contributed by atoms with Crippen molar-refractivity contribution in [3.63, 3.8) is 0 Å². The number of aryl methyl sites for hydroxylation is 1. The first-order valence-electron chi connectivity index (χ1n) is 10.9. The van der Waals surface area contributed by atoms with Crippen LogP contribution in [0, 0.1) is 0 Å². The minimum atomic E-state index is -0.192. The van der Waals surface area contributed by atoms with E-state index in [2.05, 4.69) is 9.88 Å². The second kappa shape index (κ2) is 7.64. The lowest BCUT2D eigenvalue weighted by molar-refractivity contribution is 0.0663. The summed E-state index contributed by atoms with van der Waals surface area (Å²) >= 11 is 0. The van der Waals surface area contributed by atoms with Crippen molar-refractivity contribution in [1.29, 1.82) is 0 Å². The standard InChI is InChI=1S/C22H27N5O4/c1-25-7-3-15(14-17(25)28)20(30)26-8-5-22(6-9-26)4-2-16-18(22)23-21(24-19(16)29)27-10-12-31-13-11-27/h3,7,14H,2,4-6,8-13H2,1H3,(H,23,24,29). The second-order valence-electron chi connectivity index (χ2n) is 8.75. The molecule has 2 saturated heterocycles. The van der Waals surface area contributed by atoms with E-state index >= 15 is 0 Å². The number of carbonyl (C=O) groups is 1. The minimum Gasteiger partial charge on any atom is -0.378 e. The average molecular weight is 425 g/mol. The van der Waals surface area contributed by atoms with Gasteiger partial charge in [-0.05, 0) is 31.7 Å². The molecule has 0 atom stereocenters. The number of rotatable bonds is 2. The van der Waals surface area contributed by atoms with Gasteiger partial charge in [0.2, 0.25) is 5.95 Å². The summed E-state index contributed by atoms with van der Waals surface area (Å²) in [6, 6.07) is 3.09. The lowest BCUT2D eigenvalue weighted by Gasteiger charge is -2.39. The molecule has 164 valence electrons. The summed E-state index contributed by atoms with van der Waals surface area (Å²) in [5.74, 6) is 0.519. The van der Waals surface area contributed by atoms with Gasteiger partial charge in [-0.1, -0.05) is 0 Å². The molecule has 1 aliphatic carbocycles. The maximum atomic E-state index is 12.9. The van der Waals surface area contributed by atoms with Crippen LogP contribution in [-0.2, 0) is 23.6 Å². The molecular weight excluding hydrogens is 398 g/mol.